The summed E-state index contributed by atoms with van der Waals surface area (Å²) in [7, 11) is 0. The number of hydrogen-bond acceptors (Lipinski definition) is 8. The molecule has 1 amide bonds. The van der Waals surface area contributed by atoms with Gasteiger partial charge >= 0.3 is 17.5 Å². The standard InChI is InChI=1S/C19H20N6O5/c1-3-24-17(26)14(21-25(19(24)28)13-6-4-12(2)5-7-13)15-20-16(30-22-15)18(27)23-8-10-29-11-9-23/h4-7H,3,8-11H2,1-2H3. The van der Waals surface area contributed by atoms with E-state index in [1.807, 2.05) is 19.1 Å². The van der Waals surface area contributed by atoms with Crippen molar-refractivity contribution < 1.29 is 14.1 Å². The first-order chi connectivity index (χ1) is 14.5. The molecule has 0 unspecified atom stereocenters. The van der Waals surface area contributed by atoms with Gasteiger partial charge in [-0.15, -0.1) is 0 Å². The van der Waals surface area contributed by atoms with Crippen molar-refractivity contribution in [2.45, 2.75) is 20.4 Å². The van der Waals surface area contributed by atoms with Crippen LogP contribution in [-0.2, 0) is 11.3 Å². The largest absolute Gasteiger partial charge is 0.378 e. The second-order valence-electron chi connectivity index (χ2n) is 6.76. The number of nitrogens with zero attached hydrogens (tertiary/aromatic N) is 6. The molecule has 4 rings (SSSR count). The summed E-state index contributed by atoms with van der Waals surface area (Å²) in [5.74, 6) is -0.844. The van der Waals surface area contributed by atoms with Gasteiger partial charge in [0.1, 0.15) is 0 Å². The van der Waals surface area contributed by atoms with Crippen LogP contribution in [0, 0.1) is 6.92 Å². The zero-order valence-electron chi connectivity index (χ0n) is 16.6. The number of carbonyl (C=O) groups is 1. The van der Waals surface area contributed by atoms with Crippen LogP contribution < -0.4 is 11.2 Å². The quantitative estimate of drug-likeness (QED) is 0.597. The monoisotopic (exact) mass is 412 g/mol. The summed E-state index contributed by atoms with van der Waals surface area (Å²) in [6, 6.07) is 7.11. The number of carbonyl (C=O) groups excluding carboxylic acids is 1. The fourth-order valence-corrected chi connectivity index (χ4v) is 3.10. The van der Waals surface area contributed by atoms with Gasteiger partial charge in [0.15, 0.2) is 5.69 Å². The van der Waals surface area contributed by atoms with Gasteiger partial charge in [0.2, 0.25) is 5.82 Å². The second kappa shape index (κ2) is 8.03. The fourth-order valence-electron chi connectivity index (χ4n) is 3.10. The zero-order chi connectivity index (χ0) is 21.3. The van der Waals surface area contributed by atoms with Crippen molar-refractivity contribution in [2.75, 3.05) is 26.3 Å². The maximum absolute atomic E-state index is 12.8. The van der Waals surface area contributed by atoms with Gasteiger partial charge in [-0.05, 0) is 26.0 Å². The Morgan fingerprint density at radius 2 is 1.83 bits per heavy atom. The average molecular weight is 412 g/mol. The summed E-state index contributed by atoms with van der Waals surface area (Å²) in [6.45, 7) is 5.41. The van der Waals surface area contributed by atoms with Crippen LogP contribution in [0.2, 0.25) is 0 Å². The molecule has 0 aliphatic carbocycles. The molecule has 0 bridgehead atoms. The SMILES string of the molecule is CCn1c(=O)c(-c2noc(C(=O)N3CCOCC3)n2)nn(-c2ccc(C)cc2)c1=O. The third kappa shape index (κ3) is 3.54. The minimum absolute atomic E-state index is 0.135. The minimum atomic E-state index is -0.656. The fraction of sp³-hybridized carbons (Fsp3) is 0.368. The molecule has 3 heterocycles. The van der Waals surface area contributed by atoms with Crippen molar-refractivity contribution >= 4 is 5.91 Å². The number of amides is 1. The third-order valence-corrected chi connectivity index (χ3v) is 4.77. The van der Waals surface area contributed by atoms with Crippen LogP contribution in [0.1, 0.15) is 23.2 Å². The lowest BCUT2D eigenvalue weighted by Crippen LogP contribution is -2.41. The van der Waals surface area contributed by atoms with Crippen molar-refractivity contribution in [3.63, 3.8) is 0 Å². The number of ether oxygens (including phenoxy) is 1. The number of benzene rings is 1. The predicted molar refractivity (Wildman–Crippen MR) is 105 cm³/mol. The Morgan fingerprint density at radius 3 is 2.50 bits per heavy atom. The van der Waals surface area contributed by atoms with Crippen LogP contribution in [0.15, 0.2) is 38.4 Å². The summed E-state index contributed by atoms with van der Waals surface area (Å²) >= 11 is 0. The molecule has 0 radical (unpaired) electrons. The summed E-state index contributed by atoms with van der Waals surface area (Å²) < 4.78 is 12.5. The Balaban J connectivity index is 1.77. The Kier molecular flexibility index (Phi) is 5.27. The molecule has 1 aliphatic rings. The van der Waals surface area contributed by atoms with Crippen molar-refractivity contribution in [1.82, 2.24) is 29.4 Å². The first-order valence-electron chi connectivity index (χ1n) is 9.52. The number of aromatic nitrogens is 5. The number of rotatable bonds is 4. The first-order valence-corrected chi connectivity index (χ1v) is 9.52. The minimum Gasteiger partial charge on any atom is -0.378 e. The highest BCUT2D eigenvalue weighted by atomic mass is 16.5. The number of aryl methyl sites for hydroxylation is 1. The lowest BCUT2D eigenvalue weighted by molar-refractivity contribution is 0.0272. The molecule has 1 saturated heterocycles. The summed E-state index contributed by atoms with van der Waals surface area (Å²) in [5, 5.41) is 7.94. The van der Waals surface area contributed by atoms with Gasteiger partial charge in [-0.2, -0.15) is 14.8 Å². The maximum atomic E-state index is 12.8. The van der Waals surface area contributed by atoms with Gasteiger partial charge in [0.05, 0.1) is 18.9 Å². The lowest BCUT2D eigenvalue weighted by atomic mass is 10.2. The summed E-state index contributed by atoms with van der Waals surface area (Å²) in [4.78, 5) is 43.7. The van der Waals surface area contributed by atoms with Gasteiger partial charge in [-0.25, -0.2) is 4.79 Å². The highest BCUT2D eigenvalue weighted by molar-refractivity contribution is 5.90. The van der Waals surface area contributed by atoms with Gasteiger partial charge in [0.25, 0.3) is 5.56 Å². The van der Waals surface area contributed by atoms with Gasteiger partial charge in [-0.1, -0.05) is 22.9 Å². The van der Waals surface area contributed by atoms with E-state index in [4.69, 9.17) is 9.26 Å². The van der Waals surface area contributed by atoms with Crippen LogP contribution in [0.4, 0.5) is 0 Å². The molecule has 11 nitrogen and oxygen atoms in total. The molecule has 156 valence electrons. The van der Waals surface area contributed by atoms with E-state index in [0.29, 0.717) is 32.0 Å². The smallest absolute Gasteiger partial charge is 0.352 e. The normalized spacial score (nSPS) is 14.1. The van der Waals surface area contributed by atoms with Crippen molar-refractivity contribution in [3.8, 4) is 17.2 Å². The van der Waals surface area contributed by atoms with E-state index in [0.717, 1.165) is 14.8 Å². The van der Waals surface area contributed by atoms with Crippen molar-refractivity contribution in [2.24, 2.45) is 0 Å². The Hall–Kier alpha value is -3.60. The van der Waals surface area contributed by atoms with Crippen LogP contribution in [0.3, 0.4) is 0 Å². The van der Waals surface area contributed by atoms with E-state index in [2.05, 4.69) is 15.2 Å². The van der Waals surface area contributed by atoms with Crippen molar-refractivity contribution in [1.29, 1.82) is 0 Å². The van der Waals surface area contributed by atoms with Crippen molar-refractivity contribution in [3.05, 3.63) is 56.6 Å². The molecule has 0 atom stereocenters. The van der Waals surface area contributed by atoms with E-state index in [1.54, 1.807) is 19.1 Å². The van der Waals surface area contributed by atoms with Gasteiger partial charge < -0.3 is 14.2 Å². The molecule has 1 aliphatic heterocycles. The molecule has 30 heavy (non-hydrogen) atoms. The number of hydrogen-bond donors (Lipinski definition) is 0. The highest BCUT2D eigenvalue weighted by Crippen LogP contribution is 2.12. The highest BCUT2D eigenvalue weighted by Gasteiger charge is 2.26. The molecular weight excluding hydrogens is 392 g/mol. The van der Waals surface area contributed by atoms with Gasteiger partial charge in [-0.3, -0.25) is 14.2 Å². The first kappa shape index (κ1) is 19.7. The third-order valence-electron chi connectivity index (χ3n) is 4.77. The van der Waals surface area contributed by atoms with E-state index >= 15 is 0 Å². The number of morpholine rings is 1. The van der Waals surface area contributed by atoms with Gasteiger partial charge in [0, 0.05) is 19.6 Å². The topological polar surface area (TPSA) is 125 Å². The summed E-state index contributed by atoms with van der Waals surface area (Å²) in [6.07, 6.45) is 0. The average Bonchev–Trinajstić information content (AvgIpc) is 3.25. The molecule has 3 aromatic rings. The maximum Gasteiger partial charge on any atom is 0.352 e. The zero-order valence-corrected chi connectivity index (χ0v) is 16.6. The van der Waals surface area contributed by atoms with Crippen LogP contribution in [-0.4, -0.2) is 61.6 Å². The molecule has 0 spiro atoms. The Morgan fingerprint density at radius 1 is 1.13 bits per heavy atom. The van der Waals surface area contributed by atoms with Crippen LogP contribution in [0.5, 0.6) is 0 Å². The molecule has 1 fully saturated rings. The lowest BCUT2D eigenvalue weighted by Gasteiger charge is -2.25. The summed E-state index contributed by atoms with van der Waals surface area (Å²) in [5.41, 5.74) is 0.0875. The second-order valence-corrected chi connectivity index (χ2v) is 6.76. The van der Waals surface area contributed by atoms with Crippen LogP contribution >= 0.6 is 0 Å². The molecular formula is C19H20N6O5. The Labute approximate surface area is 170 Å². The Bertz CT molecular complexity index is 1190. The van der Waals surface area contributed by atoms with E-state index in [-0.39, 0.29) is 24.0 Å². The molecule has 0 N–H and O–H groups in total. The predicted octanol–water partition coefficient (Wildman–Crippen LogP) is 0.245. The van der Waals surface area contributed by atoms with Crippen LogP contribution in [0.25, 0.3) is 17.2 Å². The molecule has 2 aromatic heterocycles. The van der Waals surface area contributed by atoms with E-state index in [9.17, 15) is 14.4 Å². The molecule has 1 aromatic carbocycles. The molecule has 0 saturated carbocycles. The van der Waals surface area contributed by atoms with E-state index in [1.165, 1.54) is 4.90 Å². The van der Waals surface area contributed by atoms with E-state index < -0.39 is 17.2 Å². The molecule has 11 heteroatoms.